The van der Waals surface area contributed by atoms with Gasteiger partial charge in [-0.1, -0.05) is 49.2 Å². The largest absolute Gasteiger partial charge is 0.219 e. The minimum absolute atomic E-state index is 0.126. The molecule has 0 aliphatic carbocycles. The van der Waals surface area contributed by atoms with E-state index in [9.17, 15) is 0 Å². The predicted molar refractivity (Wildman–Crippen MR) is 72.4 cm³/mol. The average Bonchev–Trinajstić information content (AvgIpc) is 2.67. The van der Waals surface area contributed by atoms with Crippen LogP contribution < -0.4 is 0 Å². The zero-order chi connectivity index (χ0) is 13.3. The van der Waals surface area contributed by atoms with E-state index in [4.69, 9.17) is 28.5 Å². The zero-order valence-corrected chi connectivity index (χ0v) is 11.5. The van der Waals surface area contributed by atoms with Gasteiger partial charge in [-0.25, -0.2) is 4.68 Å². The number of nitriles is 1. The molecule has 1 heterocycles. The Morgan fingerprint density at radius 2 is 1.94 bits per heavy atom. The molecule has 0 radical (unpaired) electrons. The molecule has 0 atom stereocenters. The lowest BCUT2D eigenvalue weighted by Crippen LogP contribution is -1.99. The van der Waals surface area contributed by atoms with Crippen molar-refractivity contribution in [1.82, 2.24) is 9.78 Å². The normalized spacial score (nSPS) is 10.7. The van der Waals surface area contributed by atoms with Crippen LogP contribution in [0.3, 0.4) is 0 Å². The van der Waals surface area contributed by atoms with Gasteiger partial charge in [-0.15, -0.1) is 0 Å². The number of hydrogen-bond donors (Lipinski definition) is 0. The van der Waals surface area contributed by atoms with Crippen molar-refractivity contribution in [1.29, 1.82) is 5.26 Å². The number of rotatable bonds is 2. The van der Waals surface area contributed by atoms with Gasteiger partial charge in [0.1, 0.15) is 11.6 Å². The summed E-state index contributed by atoms with van der Waals surface area (Å²) >= 11 is 12.3. The van der Waals surface area contributed by atoms with Gasteiger partial charge in [0.15, 0.2) is 5.15 Å². The Morgan fingerprint density at radius 1 is 1.28 bits per heavy atom. The Morgan fingerprint density at radius 3 is 2.44 bits per heavy atom. The molecule has 92 valence electrons. The molecule has 0 saturated carbocycles. The number of para-hydroxylation sites is 1. The molecule has 2 rings (SSSR count). The van der Waals surface area contributed by atoms with E-state index in [-0.39, 0.29) is 5.92 Å². The van der Waals surface area contributed by atoms with Gasteiger partial charge >= 0.3 is 0 Å². The number of hydrogen-bond acceptors (Lipinski definition) is 2. The Kier molecular flexibility index (Phi) is 3.60. The maximum atomic E-state index is 9.16. The molecule has 0 N–H and O–H groups in total. The van der Waals surface area contributed by atoms with E-state index >= 15 is 0 Å². The van der Waals surface area contributed by atoms with Crippen LogP contribution in [-0.4, -0.2) is 9.78 Å². The topological polar surface area (TPSA) is 41.6 Å². The first-order chi connectivity index (χ1) is 8.56. The average molecular weight is 280 g/mol. The molecule has 0 spiro atoms. The van der Waals surface area contributed by atoms with Crippen molar-refractivity contribution >= 4 is 23.2 Å². The van der Waals surface area contributed by atoms with Gasteiger partial charge in [0.05, 0.1) is 16.4 Å². The summed E-state index contributed by atoms with van der Waals surface area (Å²) < 4.78 is 1.51. The Bertz CT molecular complexity index is 624. The van der Waals surface area contributed by atoms with Gasteiger partial charge in [0.25, 0.3) is 0 Å². The number of aromatic nitrogens is 2. The molecule has 5 heteroatoms. The number of nitrogens with zero attached hydrogens (tertiary/aromatic N) is 3. The molecule has 0 amide bonds. The Labute approximate surface area is 116 Å². The molecule has 0 aliphatic heterocycles. The van der Waals surface area contributed by atoms with Crippen LogP contribution in [-0.2, 0) is 0 Å². The Hall–Kier alpha value is -1.50. The van der Waals surface area contributed by atoms with Crippen LogP contribution in [0.5, 0.6) is 0 Å². The maximum Gasteiger partial charge on any atom is 0.151 e. The van der Waals surface area contributed by atoms with Gasteiger partial charge in [0.2, 0.25) is 0 Å². The van der Waals surface area contributed by atoms with Crippen LogP contribution in [0.15, 0.2) is 24.3 Å². The fourth-order valence-electron chi connectivity index (χ4n) is 1.70. The summed E-state index contributed by atoms with van der Waals surface area (Å²) in [5.74, 6) is 0.126. The van der Waals surface area contributed by atoms with Gasteiger partial charge in [0, 0.05) is 0 Å². The van der Waals surface area contributed by atoms with Gasteiger partial charge in [-0.05, 0) is 18.1 Å². The third-order valence-electron chi connectivity index (χ3n) is 2.60. The van der Waals surface area contributed by atoms with Crippen LogP contribution in [0.2, 0.25) is 10.2 Å². The lowest BCUT2D eigenvalue weighted by molar-refractivity contribution is 0.767. The first-order valence-corrected chi connectivity index (χ1v) is 6.25. The lowest BCUT2D eigenvalue weighted by atomic mass is 10.1. The molecule has 0 aliphatic rings. The van der Waals surface area contributed by atoms with E-state index in [1.54, 1.807) is 6.07 Å². The van der Waals surface area contributed by atoms with Crippen LogP contribution in [0.25, 0.3) is 5.69 Å². The summed E-state index contributed by atoms with van der Waals surface area (Å²) in [6.07, 6.45) is 0. The fourth-order valence-corrected chi connectivity index (χ4v) is 2.19. The molecular formula is C13H11Cl2N3. The van der Waals surface area contributed by atoms with Crippen molar-refractivity contribution in [2.75, 3.05) is 0 Å². The molecule has 0 fully saturated rings. The molecule has 0 unspecified atom stereocenters. The summed E-state index contributed by atoms with van der Waals surface area (Å²) in [4.78, 5) is 0. The second kappa shape index (κ2) is 5.01. The van der Waals surface area contributed by atoms with Crippen molar-refractivity contribution in [3.8, 4) is 11.8 Å². The SMILES string of the molecule is CC(C)c1nn(-c2ccccc2Cl)c(Cl)c1C#N. The van der Waals surface area contributed by atoms with Gasteiger partial charge in [-0.3, -0.25) is 0 Å². The third kappa shape index (κ3) is 2.10. The van der Waals surface area contributed by atoms with Crippen LogP contribution >= 0.6 is 23.2 Å². The van der Waals surface area contributed by atoms with E-state index in [0.717, 1.165) is 0 Å². The van der Waals surface area contributed by atoms with Crippen LogP contribution in [0.1, 0.15) is 31.0 Å². The molecule has 3 nitrogen and oxygen atoms in total. The highest BCUT2D eigenvalue weighted by Gasteiger charge is 2.20. The van der Waals surface area contributed by atoms with Crippen LogP contribution in [0, 0.1) is 11.3 Å². The molecule has 2 aromatic rings. The summed E-state index contributed by atoms with van der Waals surface area (Å²) in [6.45, 7) is 3.94. The van der Waals surface area contributed by atoms with Crippen molar-refractivity contribution in [3.05, 3.63) is 45.7 Å². The van der Waals surface area contributed by atoms with Crippen molar-refractivity contribution in [3.63, 3.8) is 0 Å². The Balaban J connectivity index is 2.68. The van der Waals surface area contributed by atoms with E-state index in [2.05, 4.69) is 11.2 Å². The van der Waals surface area contributed by atoms with Gasteiger partial charge in [-0.2, -0.15) is 10.4 Å². The quantitative estimate of drug-likeness (QED) is 0.828. The second-order valence-electron chi connectivity index (χ2n) is 4.18. The first-order valence-electron chi connectivity index (χ1n) is 5.49. The van der Waals surface area contributed by atoms with Gasteiger partial charge < -0.3 is 0 Å². The zero-order valence-electron chi connectivity index (χ0n) is 9.98. The summed E-state index contributed by atoms with van der Waals surface area (Å²) in [5, 5.41) is 14.4. The highest BCUT2D eigenvalue weighted by atomic mass is 35.5. The van der Waals surface area contributed by atoms with Crippen molar-refractivity contribution in [2.45, 2.75) is 19.8 Å². The standard InChI is InChI=1S/C13H11Cl2N3/c1-8(2)12-9(7-16)13(15)18(17-12)11-6-4-3-5-10(11)14/h3-6,8H,1-2H3. The van der Waals surface area contributed by atoms with Crippen molar-refractivity contribution in [2.24, 2.45) is 0 Å². The smallest absolute Gasteiger partial charge is 0.151 e. The molecular weight excluding hydrogens is 269 g/mol. The summed E-state index contributed by atoms with van der Waals surface area (Å²) in [5.41, 5.74) is 1.77. The van der Waals surface area contributed by atoms with E-state index < -0.39 is 0 Å². The maximum absolute atomic E-state index is 9.16. The van der Waals surface area contributed by atoms with E-state index in [1.165, 1.54) is 4.68 Å². The highest BCUT2D eigenvalue weighted by Crippen LogP contribution is 2.30. The van der Waals surface area contributed by atoms with Crippen molar-refractivity contribution < 1.29 is 0 Å². The van der Waals surface area contributed by atoms with E-state index in [1.807, 2.05) is 32.0 Å². The predicted octanol–water partition coefficient (Wildman–Crippen LogP) is 4.17. The lowest BCUT2D eigenvalue weighted by Gasteiger charge is -2.05. The molecule has 18 heavy (non-hydrogen) atoms. The third-order valence-corrected chi connectivity index (χ3v) is 3.26. The molecule has 0 bridgehead atoms. The van der Waals surface area contributed by atoms with E-state index in [0.29, 0.717) is 27.1 Å². The summed E-state index contributed by atoms with van der Waals surface area (Å²) in [6, 6.07) is 9.35. The molecule has 1 aromatic carbocycles. The number of benzene rings is 1. The monoisotopic (exact) mass is 279 g/mol. The molecule has 1 aromatic heterocycles. The minimum Gasteiger partial charge on any atom is -0.219 e. The number of halogens is 2. The fraction of sp³-hybridized carbons (Fsp3) is 0.231. The second-order valence-corrected chi connectivity index (χ2v) is 4.95. The van der Waals surface area contributed by atoms with Crippen LogP contribution in [0.4, 0.5) is 0 Å². The molecule has 0 saturated heterocycles. The summed E-state index contributed by atoms with van der Waals surface area (Å²) in [7, 11) is 0. The highest BCUT2D eigenvalue weighted by molar-refractivity contribution is 6.33. The minimum atomic E-state index is 0.126. The first kappa shape index (κ1) is 12.9.